The summed E-state index contributed by atoms with van der Waals surface area (Å²) in [5.41, 5.74) is 1.05. The molecule has 5 heteroatoms. The first kappa shape index (κ1) is 19.3. The van der Waals surface area contributed by atoms with Crippen LogP contribution < -0.4 is 5.32 Å². The number of hydrogen-bond acceptors (Lipinski definition) is 3. The summed E-state index contributed by atoms with van der Waals surface area (Å²) in [7, 11) is 0. The molecular formula is C19H29FN2OS. The average molecular weight is 353 g/mol. The van der Waals surface area contributed by atoms with Crippen LogP contribution in [0.3, 0.4) is 0 Å². The molecule has 1 atom stereocenters. The SMILES string of the molecule is CC[C@H]1CCCCN1CCCNC(=O)CSCc1ccc(F)cc1. The second-order valence-electron chi connectivity index (χ2n) is 6.42. The maximum atomic E-state index is 12.8. The van der Waals surface area contributed by atoms with Crippen LogP contribution in [0.4, 0.5) is 4.39 Å². The van der Waals surface area contributed by atoms with Crippen LogP contribution in [0.5, 0.6) is 0 Å². The van der Waals surface area contributed by atoms with Crippen LogP contribution >= 0.6 is 11.8 Å². The van der Waals surface area contributed by atoms with Crippen molar-refractivity contribution in [3.8, 4) is 0 Å². The number of likely N-dealkylation sites (tertiary alicyclic amines) is 1. The van der Waals surface area contributed by atoms with Crippen LogP contribution in [0.15, 0.2) is 24.3 Å². The quantitative estimate of drug-likeness (QED) is 0.686. The van der Waals surface area contributed by atoms with Crippen LogP contribution in [0.25, 0.3) is 0 Å². The Balaban J connectivity index is 1.54. The molecule has 0 aromatic heterocycles. The van der Waals surface area contributed by atoms with Gasteiger partial charge in [0.15, 0.2) is 0 Å². The molecule has 0 saturated carbocycles. The third-order valence-corrected chi connectivity index (χ3v) is 5.58. The van der Waals surface area contributed by atoms with Crippen LogP contribution in [0.1, 0.15) is 44.6 Å². The number of piperidine rings is 1. The molecule has 2 rings (SSSR count). The fraction of sp³-hybridized carbons (Fsp3) is 0.632. The van der Waals surface area contributed by atoms with E-state index in [1.807, 2.05) is 0 Å². The van der Waals surface area contributed by atoms with Crippen molar-refractivity contribution in [1.82, 2.24) is 10.2 Å². The minimum Gasteiger partial charge on any atom is -0.355 e. The van der Waals surface area contributed by atoms with E-state index in [1.54, 1.807) is 23.9 Å². The molecule has 0 aliphatic carbocycles. The summed E-state index contributed by atoms with van der Waals surface area (Å²) >= 11 is 1.57. The molecule has 1 saturated heterocycles. The van der Waals surface area contributed by atoms with Gasteiger partial charge in [-0.3, -0.25) is 4.79 Å². The van der Waals surface area contributed by atoms with Gasteiger partial charge in [0.05, 0.1) is 5.75 Å². The lowest BCUT2D eigenvalue weighted by molar-refractivity contribution is -0.118. The fourth-order valence-electron chi connectivity index (χ4n) is 3.22. The van der Waals surface area contributed by atoms with E-state index in [1.165, 1.54) is 44.4 Å². The molecule has 3 nitrogen and oxygen atoms in total. The molecule has 0 unspecified atom stereocenters. The van der Waals surface area contributed by atoms with Crippen LogP contribution in [0.2, 0.25) is 0 Å². The Morgan fingerprint density at radius 2 is 2.12 bits per heavy atom. The zero-order valence-electron chi connectivity index (χ0n) is 14.6. The highest BCUT2D eigenvalue weighted by Gasteiger charge is 2.19. The molecule has 1 aliphatic heterocycles. The number of carbonyl (C=O) groups excluding carboxylic acids is 1. The first-order valence-corrected chi connectivity index (χ1v) is 10.2. The molecule has 1 aromatic rings. The highest BCUT2D eigenvalue weighted by atomic mass is 32.2. The number of hydrogen-bond donors (Lipinski definition) is 1. The van der Waals surface area contributed by atoms with E-state index < -0.39 is 0 Å². The second-order valence-corrected chi connectivity index (χ2v) is 7.40. The Bertz CT molecular complexity index is 495. The number of nitrogens with zero attached hydrogens (tertiary/aromatic N) is 1. The summed E-state index contributed by atoms with van der Waals surface area (Å²) in [6, 6.07) is 7.19. The number of carbonyl (C=O) groups is 1. The van der Waals surface area contributed by atoms with Gasteiger partial charge in [-0.1, -0.05) is 25.5 Å². The molecule has 0 spiro atoms. The summed E-state index contributed by atoms with van der Waals surface area (Å²) in [5.74, 6) is 1.06. The van der Waals surface area contributed by atoms with Gasteiger partial charge in [0, 0.05) is 24.9 Å². The average Bonchev–Trinajstić information content (AvgIpc) is 2.61. The molecule has 1 fully saturated rings. The Morgan fingerprint density at radius 1 is 1.33 bits per heavy atom. The number of halogens is 1. The topological polar surface area (TPSA) is 32.3 Å². The molecule has 1 amide bonds. The Morgan fingerprint density at radius 3 is 2.88 bits per heavy atom. The van der Waals surface area contributed by atoms with Gasteiger partial charge >= 0.3 is 0 Å². The highest BCUT2D eigenvalue weighted by molar-refractivity contribution is 7.99. The Labute approximate surface area is 149 Å². The molecule has 1 aliphatic rings. The highest BCUT2D eigenvalue weighted by Crippen LogP contribution is 2.19. The van der Waals surface area contributed by atoms with Gasteiger partial charge in [-0.05, 0) is 49.9 Å². The van der Waals surface area contributed by atoms with Gasteiger partial charge < -0.3 is 10.2 Å². The van der Waals surface area contributed by atoms with Gasteiger partial charge in [0.25, 0.3) is 0 Å². The van der Waals surface area contributed by atoms with E-state index in [9.17, 15) is 9.18 Å². The van der Waals surface area contributed by atoms with E-state index >= 15 is 0 Å². The first-order valence-electron chi connectivity index (χ1n) is 9.02. The molecule has 134 valence electrons. The van der Waals surface area contributed by atoms with E-state index in [0.29, 0.717) is 5.75 Å². The minimum atomic E-state index is -0.222. The van der Waals surface area contributed by atoms with Crippen molar-refractivity contribution >= 4 is 17.7 Å². The maximum Gasteiger partial charge on any atom is 0.230 e. The van der Waals surface area contributed by atoms with Gasteiger partial charge in [0.2, 0.25) is 5.91 Å². The summed E-state index contributed by atoms with van der Waals surface area (Å²) in [5, 5.41) is 3.00. The van der Waals surface area contributed by atoms with Crippen molar-refractivity contribution in [3.63, 3.8) is 0 Å². The maximum absolute atomic E-state index is 12.8. The summed E-state index contributed by atoms with van der Waals surface area (Å²) < 4.78 is 12.8. The number of benzene rings is 1. The molecule has 0 radical (unpaired) electrons. The minimum absolute atomic E-state index is 0.0906. The lowest BCUT2D eigenvalue weighted by atomic mass is 10.00. The molecule has 1 heterocycles. The number of thioether (sulfide) groups is 1. The van der Waals surface area contributed by atoms with Crippen LogP contribution in [-0.4, -0.2) is 42.2 Å². The molecule has 1 aromatic carbocycles. The third kappa shape index (κ3) is 6.81. The fourth-order valence-corrected chi connectivity index (χ4v) is 4.04. The Kier molecular flexibility index (Phi) is 8.60. The van der Waals surface area contributed by atoms with Crippen molar-refractivity contribution in [1.29, 1.82) is 0 Å². The zero-order valence-corrected chi connectivity index (χ0v) is 15.4. The van der Waals surface area contributed by atoms with Crippen molar-refractivity contribution < 1.29 is 9.18 Å². The van der Waals surface area contributed by atoms with Crippen molar-refractivity contribution in [2.45, 2.75) is 50.8 Å². The predicted molar refractivity (Wildman–Crippen MR) is 99.7 cm³/mol. The Hall–Kier alpha value is -1.07. The van der Waals surface area contributed by atoms with Gasteiger partial charge in [-0.25, -0.2) is 4.39 Å². The molecule has 1 N–H and O–H groups in total. The number of nitrogens with one attached hydrogen (secondary N) is 1. The summed E-state index contributed by atoms with van der Waals surface area (Å²) in [6.45, 7) is 5.31. The van der Waals surface area contributed by atoms with Gasteiger partial charge in [-0.2, -0.15) is 0 Å². The lowest BCUT2D eigenvalue weighted by Gasteiger charge is -2.35. The normalized spacial score (nSPS) is 18.5. The largest absolute Gasteiger partial charge is 0.355 e. The third-order valence-electron chi connectivity index (χ3n) is 4.58. The molecule has 0 bridgehead atoms. The van der Waals surface area contributed by atoms with Crippen LogP contribution in [-0.2, 0) is 10.5 Å². The van der Waals surface area contributed by atoms with Gasteiger partial charge in [0.1, 0.15) is 5.82 Å². The van der Waals surface area contributed by atoms with Crippen molar-refractivity contribution in [2.75, 3.05) is 25.4 Å². The zero-order chi connectivity index (χ0) is 17.2. The number of rotatable bonds is 9. The monoisotopic (exact) mass is 352 g/mol. The first-order chi connectivity index (χ1) is 11.7. The lowest BCUT2D eigenvalue weighted by Crippen LogP contribution is -2.40. The van der Waals surface area contributed by atoms with Gasteiger partial charge in [-0.15, -0.1) is 11.8 Å². The van der Waals surface area contributed by atoms with E-state index in [4.69, 9.17) is 0 Å². The summed E-state index contributed by atoms with van der Waals surface area (Å²) in [6.07, 6.45) is 6.24. The van der Waals surface area contributed by atoms with E-state index in [2.05, 4.69) is 17.1 Å². The summed E-state index contributed by atoms with van der Waals surface area (Å²) in [4.78, 5) is 14.4. The number of amides is 1. The standard InChI is InChI=1S/C19H29FN2OS/c1-2-18-6-3-4-12-22(18)13-5-11-21-19(23)15-24-14-16-7-9-17(20)10-8-16/h7-10,18H,2-6,11-15H2,1H3,(H,21,23)/t18-/m0/s1. The van der Waals surface area contributed by atoms with Crippen LogP contribution in [0, 0.1) is 5.82 Å². The smallest absolute Gasteiger partial charge is 0.230 e. The second kappa shape index (κ2) is 10.7. The molecule has 24 heavy (non-hydrogen) atoms. The van der Waals surface area contributed by atoms with Crippen molar-refractivity contribution in [3.05, 3.63) is 35.6 Å². The van der Waals surface area contributed by atoms with E-state index in [0.717, 1.165) is 36.9 Å². The molecular weight excluding hydrogens is 323 g/mol. The van der Waals surface area contributed by atoms with Crippen molar-refractivity contribution in [2.24, 2.45) is 0 Å². The van der Waals surface area contributed by atoms with E-state index in [-0.39, 0.29) is 11.7 Å². The predicted octanol–water partition coefficient (Wildman–Crippen LogP) is 3.83.